The molecule has 0 spiro atoms. The molecule has 3 rings (SSSR count). The molecule has 0 radical (unpaired) electrons. The standard InChI is InChI=1S/C16H21FN2O2/c1-16(2,3)19(15(20)21)14-12-8-18(9-13(12)14)11-6-4-10(17)5-7-11/h4-7,12-14H,8-9H2,1-3H3,(H,20,21). The van der Waals surface area contributed by atoms with Crippen LogP contribution in [0.5, 0.6) is 0 Å². The summed E-state index contributed by atoms with van der Waals surface area (Å²) in [7, 11) is 0. The first kappa shape index (κ1) is 14.2. The van der Waals surface area contributed by atoms with Crippen LogP contribution in [-0.2, 0) is 0 Å². The summed E-state index contributed by atoms with van der Waals surface area (Å²) >= 11 is 0. The minimum atomic E-state index is -0.838. The fourth-order valence-electron chi connectivity index (χ4n) is 3.60. The van der Waals surface area contributed by atoms with Crippen LogP contribution in [0.3, 0.4) is 0 Å². The first-order chi connectivity index (χ1) is 9.79. The average Bonchev–Trinajstić information content (AvgIpc) is 2.84. The SMILES string of the molecule is CC(C)(C)N(C(=O)O)C1C2CN(c3ccc(F)cc3)CC21. The van der Waals surface area contributed by atoms with Gasteiger partial charge in [0.1, 0.15) is 5.82 Å². The maximum atomic E-state index is 13.0. The molecule has 5 heteroatoms. The summed E-state index contributed by atoms with van der Waals surface area (Å²) in [4.78, 5) is 15.3. The number of fused-ring (bicyclic) bond motifs is 1. The average molecular weight is 292 g/mol. The van der Waals surface area contributed by atoms with Crippen LogP contribution in [0.15, 0.2) is 24.3 Å². The molecule has 1 heterocycles. The Morgan fingerprint density at radius 1 is 1.24 bits per heavy atom. The zero-order valence-corrected chi connectivity index (χ0v) is 12.6. The number of amides is 1. The Balaban J connectivity index is 1.68. The van der Waals surface area contributed by atoms with E-state index in [-0.39, 0.29) is 17.4 Å². The summed E-state index contributed by atoms with van der Waals surface area (Å²) in [6.45, 7) is 7.51. The Bertz CT molecular complexity index is 540. The molecular formula is C16H21FN2O2. The molecule has 2 atom stereocenters. The van der Waals surface area contributed by atoms with E-state index in [2.05, 4.69) is 4.90 Å². The highest BCUT2D eigenvalue weighted by Crippen LogP contribution is 2.51. The quantitative estimate of drug-likeness (QED) is 0.911. The third-order valence-corrected chi connectivity index (χ3v) is 4.57. The first-order valence-corrected chi connectivity index (χ1v) is 7.32. The molecule has 1 amide bonds. The van der Waals surface area contributed by atoms with E-state index in [0.29, 0.717) is 11.8 Å². The summed E-state index contributed by atoms with van der Waals surface area (Å²) in [5.74, 6) is 0.557. The van der Waals surface area contributed by atoms with E-state index in [1.165, 1.54) is 12.1 Å². The van der Waals surface area contributed by atoms with Crippen molar-refractivity contribution in [2.24, 2.45) is 11.8 Å². The number of benzene rings is 1. The second-order valence-electron chi connectivity index (χ2n) is 7.02. The van der Waals surface area contributed by atoms with Gasteiger partial charge < -0.3 is 10.0 Å². The molecule has 2 fully saturated rings. The lowest BCUT2D eigenvalue weighted by Crippen LogP contribution is -2.49. The number of halogens is 1. The van der Waals surface area contributed by atoms with Crippen LogP contribution in [0.2, 0.25) is 0 Å². The highest BCUT2D eigenvalue weighted by Gasteiger charge is 2.61. The van der Waals surface area contributed by atoms with E-state index >= 15 is 0 Å². The van der Waals surface area contributed by atoms with Crippen LogP contribution >= 0.6 is 0 Å². The maximum absolute atomic E-state index is 13.0. The zero-order valence-electron chi connectivity index (χ0n) is 12.6. The largest absolute Gasteiger partial charge is 0.465 e. The van der Waals surface area contributed by atoms with E-state index < -0.39 is 6.09 Å². The van der Waals surface area contributed by atoms with Crippen LogP contribution in [0.25, 0.3) is 0 Å². The van der Waals surface area contributed by atoms with Gasteiger partial charge in [0.25, 0.3) is 0 Å². The van der Waals surface area contributed by atoms with Gasteiger partial charge >= 0.3 is 6.09 Å². The Kier molecular flexibility index (Phi) is 3.11. The Morgan fingerprint density at radius 3 is 2.19 bits per heavy atom. The van der Waals surface area contributed by atoms with Crippen molar-refractivity contribution in [1.82, 2.24) is 4.90 Å². The molecule has 4 nitrogen and oxygen atoms in total. The molecule has 1 N–H and O–H groups in total. The van der Waals surface area contributed by atoms with Gasteiger partial charge in [-0.25, -0.2) is 9.18 Å². The van der Waals surface area contributed by atoms with Gasteiger partial charge in [0.15, 0.2) is 0 Å². The number of hydrogen-bond donors (Lipinski definition) is 1. The van der Waals surface area contributed by atoms with Crippen molar-refractivity contribution < 1.29 is 14.3 Å². The second-order valence-corrected chi connectivity index (χ2v) is 7.02. The van der Waals surface area contributed by atoms with Crippen molar-refractivity contribution in [2.45, 2.75) is 32.4 Å². The molecule has 1 aliphatic heterocycles. The minimum absolute atomic E-state index is 0.124. The van der Waals surface area contributed by atoms with Gasteiger partial charge in [0, 0.05) is 42.2 Å². The fourth-order valence-corrected chi connectivity index (χ4v) is 3.60. The van der Waals surface area contributed by atoms with Gasteiger partial charge in [-0.05, 0) is 45.0 Å². The number of piperidine rings is 1. The maximum Gasteiger partial charge on any atom is 0.408 e. The van der Waals surface area contributed by atoms with Gasteiger partial charge in [-0.1, -0.05) is 0 Å². The van der Waals surface area contributed by atoms with E-state index in [4.69, 9.17) is 0 Å². The minimum Gasteiger partial charge on any atom is -0.465 e. The van der Waals surface area contributed by atoms with Crippen LogP contribution in [-0.4, -0.2) is 40.8 Å². The zero-order chi connectivity index (χ0) is 15.4. The van der Waals surface area contributed by atoms with E-state index in [1.54, 1.807) is 17.0 Å². The summed E-state index contributed by atoms with van der Waals surface area (Å²) in [6, 6.07) is 6.63. The summed E-state index contributed by atoms with van der Waals surface area (Å²) in [5.41, 5.74) is 0.640. The number of nitrogens with zero attached hydrogens (tertiary/aromatic N) is 2. The molecule has 21 heavy (non-hydrogen) atoms. The van der Waals surface area contributed by atoms with Gasteiger partial charge in [0.05, 0.1) is 0 Å². The molecule has 1 saturated carbocycles. The lowest BCUT2D eigenvalue weighted by molar-refractivity contribution is 0.0881. The lowest BCUT2D eigenvalue weighted by atomic mass is 10.1. The first-order valence-electron chi connectivity index (χ1n) is 7.32. The van der Waals surface area contributed by atoms with Crippen LogP contribution in [0.1, 0.15) is 20.8 Å². The monoisotopic (exact) mass is 292 g/mol. The predicted octanol–water partition coefficient (Wildman–Crippen LogP) is 3.04. The van der Waals surface area contributed by atoms with Crippen molar-refractivity contribution in [2.75, 3.05) is 18.0 Å². The topological polar surface area (TPSA) is 43.8 Å². The van der Waals surface area contributed by atoms with Crippen molar-refractivity contribution in [3.8, 4) is 0 Å². The molecule has 1 saturated heterocycles. The molecule has 0 aromatic heterocycles. The molecule has 0 bridgehead atoms. The summed E-state index contributed by atoms with van der Waals surface area (Å²) in [5, 5.41) is 9.46. The number of carboxylic acid groups (broad SMARTS) is 1. The predicted molar refractivity (Wildman–Crippen MR) is 79.0 cm³/mol. The second kappa shape index (κ2) is 4.61. The van der Waals surface area contributed by atoms with Crippen LogP contribution in [0.4, 0.5) is 14.9 Å². The van der Waals surface area contributed by atoms with E-state index in [0.717, 1.165) is 18.8 Å². The lowest BCUT2D eigenvalue weighted by Gasteiger charge is -2.36. The number of rotatable bonds is 2. The summed E-state index contributed by atoms with van der Waals surface area (Å²) < 4.78 is 13.0. The molecule has 2 aliphatic rings. The fraction of sp³-hybridized carbons (Fsp3) is 0.562. The molecular weight excluding hydrogens is 271 g/mol. The van der Waals surface area contributed by atoms with Crippen LogP contribution in [0, 0.1) is 17.7 Å². The van der Waals surface area contributed by atoms with E-state index in [1.807, 2.05) is 20.8 Å². The Morgan fingerprint density at radius 2 is 1.76 bits per heavy atom. The molecule has 1 aromatic rings. The van der Waals surface area contributed by atoms with Crippen molar-refractivity contribution in [3.63, 3.8) is 0 Å². The van der Waals surface area contributed by atoms with Crippen molar-refractivity contribution in [1.29, 1.82) is 0 Å². The van der Waals surface area contributed by atoms with Gasteiger partial charge in [0.2, 0.25) is 0 Å². The van der Waals surface area contributed by atoms with E-state index in [9.17, 15) is 14.3 Å². The third kappa shape index (κ3) is 2.45. The molecule has 114 valence electrons. The normalized spacial score (nSPS) is 27.4. The Labute approximate surface area is 124 Å². The molecule has 1 aliphatic carbocycles. The smallest absolute Gasteiger partial charge is 0.408 e. The van der Waals surface area contributed by atoms with Gasteiger partial charge in [-0.15, -0.1) is 0 Å². The van der Waals surface area contributed by atoms with Crippen molar-refractivity contribution >= 4 is 11.8 Å². The number of carbonyl (C=O) groups is 1. The Hall–Kier alpha value is -1.78. The number of hydrogen-bond acceptors (Lipinski definition) is 2. The summed E-state index contributed by atoms with van der Waals surface area (Å²) in [6.07, 6.45) is -0.838. The third-order valence-electron chi connectivity index (χ3n) is 4.57. The van der Waals surface area contributed by atoms with Crippen LogP contribution < -0.4 is 4.90 Å². The number of anilines is 1. The highest BCUT2D eigenvalue weighted by molar-refractivity contribution is 5.67. The van der Waals surface area contributed by atoms with Crippen molar-refractivity contribution in [3.05, 3.63) is 30.1 Å². The van der Waals surface area contributed by atoms with Gasteiger partial charge in [-0.2, -0.15) is 0 Å². The molecule has 1 aromatic carbocycles. The highest BCUT2D eigenvalue weighted by atomic mass is 19.1. The molecule has 2 unspecified atom stereocenters. The van der Waals surface area contributed by atoms with Gasteiger partial charge in [-0.3, -0.25) is 4.90 Å².